The van der Waals surface area contributed by atoms with Crippen molar-refractivity contribution >= 4 is 21.8 Å². The fourth-order valence-corrected chi connectivity index (χ4v) is 6.60. The zero-order valence-corrected chi connectivity index (χ0v) is 22.1. The van der Waals surface area contributed by atoms with E-state index in [1.807, 2.05) is 6.92 Å². The normalized spacial score (nSPS) is 22.2. The molecule has 0 bridgehead atoms. The second-order valence-electron chi connectivity index (χ2n) is 10.3. The summed E-state index contributed by atoms with van der Waals surface area (Å²) < 4.78 is 27.6. The maximum atomic E-state index is 13.3. The van der Waals surface area contributed by atoms with E-state index in [4.69, 9.17) is 0 Å². The third-order valence-corrected chi connectivity index (χ3v) is 9.21. The van der Waals surface area contributed by atoms with E-state index in [0.29, 0.717) is 6.04 Å². The van der Waals surface area contributed by atoms with Crippen LogP contribution in [-0.2, 0) is 26.0 Å². The molecule has 0 aromatic heterocycles. The van der Waals surface area contributed by atoms with Crippen LogP contribution in [0.1, 0.15) is 73.4 Å². The van der Waals surface area contributed by atoms with E-state index in [0.717, 1.165) is 34.7 Å². The van der Waals surface area contributed by atoms with Crippen molar-refractivity contribution in [3.63, 3.8) is 0 Å². The van der Waals surface area contributed by atoms with Crippen LogP contribution < -0.4 is 16.0 Å². The molecular weight excluding hydrogens is 488 g/mol. The van der Waals surface area contributed by atoms with Crippen molar-refractivity contribution in [3.05, 3.63) is 77.1 Å². The van der Waals surface area contributed by atoms with Crippen molar-refractivity contribution in [2.75, 3.05) is 0 Å². The number of sulfonamides is 1. The van der Waals surface area contributed by atoms with E-state index in [-0.39, 0.29) is 29.3 Å². The van der Waals surface area contributed by atoms with E-state index in [1.165, 1.54) is 48.5 Å². The fraction of sp³-hybridized carbons (Fsp3) is 0.429. The molecule has 2 aromatic carbocycles. The van der Waals surface area contributed by atoms with E-state index < -0.39 is 22.0 Å². The summed E-state index contributed by atoms with van der Waals surface area (Å²) >= 11 is 0. The number of hydrogen-bond acceptors (Lipinski definition) is 5. The lowest BCUT2D eigenvalue weighted by molar-refractivity contribution is -0.129. The summed E-state index contributed by atoms with van der Waals surface area (Å²) in [5, 5.41) is 9.25. The van der Waals surface area contributed by atoms with Gasteiger partial charge in [0.05, 0.1) is 17.4 Å². The van der Waals surface area contributed by atoms with Gasteiger partial charge in [-0.05, 0) is 74.8 Å². The molecule has 2 aromatic rings. The lowest BCUT2D eigenvalue weighted by atomic mass is 9.85. The van der Waals surface area contributed by atoms with Crippen molar-refractivity contribution in [1.82, 2.24) is 20.3 Å². The quantitative estimate of drug-likeness (QED) is 0.493. The third-order valence-electron chi connectivity index (χ3n) is 7.41. The minimum absolute atomic E-state index is 0.0743. The lowest BCUT2D eigenvalue weighted by Gasteiger charge is -2.32. The van der Waals surface area contributed by atoms with Crippen LogP contribution in [0.15, 0.2) is 59.8 Å². The number of carbonyl (C=O) groups excluding carboxylic acids is 2. The van der Waals surface area contributed by atoms with Crippen molar-refractivity contribution in [1.29, 1.82) is 0 Å². The zero-order valence-electron chi connectivity index (χ0n) is 21.2. The molecule has 3 aliphatic rings. The van der Waals surface area contributed by atoms with Crippen LogP contribution in [0.5, 0.6) is 0 Å². The van der Waals surface area contributed by atoms with E-state index >= 15 is 0 Å². The smallest absolute Gasteiger partial charge is 0.264 e. The Kier molecular flexibility index (Phi) is 7.09. The van der Waals surface area contributed by atoms with Gasteiger partial charge in [-0.2, -0.15) is 0 Å². The van der Waals surface area contributed by atoms with Gasteiger partial charge in [-0.25, -0.2) is 8.42 Å². The molecule has 3 N–H and O–H groups in total. The highest BCUT2D eigenvalue weighted by Crippen LogP contribution is 2.33. The van der Waals surface area contributed by atoms with Gasteiger partial charge < -0.3 is 16.0 Å². The summed E-state index contributed by atoms with van der Waals surface area (Å²) in [7, 11) is -4.01. The fourth-order valence-electron chi connectivity index (χ4n) is 5.15. The van der Waals surface area contributed by atoms with E-state index in [2.05, 4.69) is 41.1 Å². The molecule has 3 atom stereocenters. The van der Waals surface area contributed by atoms with Crippen molar-refractivity contribution in [2.24, 2.45) is 0 Å². The largest absolute Gasteiger partial charge is 0.349 e. The first-order chi connectivity index (χ1) is 17.7. The van der Waals surface area contributed by atoms with Crippen LogP contribution in [0.2, 0.25) is 0 Å². The molecule has 0 spiro atoms. The number of nitrogens with zero attached hydrogens (tertiary/aromatic N) is 1. The second kappa shape index (κ2) is 10.3. The summed E-state index contributed by atoms with van der Waals surface area (Å²) in [4.78, 5) is 25.9. The predicted molar refractivity (Wildman–Crippen MR) is 141 cm³/mol. The molecular formula is C28H34N4O4S. The molecule has 2 amide bonds. The van der Waals surface area contributed by atoms with E-state index in [1.54, 1.807) is 12.1 Å². The Morgan fingerprint density at radius 1 is 1.14 bits per heavy atom. The number of amides is 2. The molecule has 1 saturated carbocycles. The minimum Gasteiger partial charge on any atom is -0.349 e. The van der Waals surface area contributed by atoms with Crippen LogP contribution >= 0.6 is 0 Å². The molecule has 196 valence electrons. The monoisotopic (exact) mass is 522 g/mol. The van der Waals surface area contributed by atoms with Crippen LogP contribution in [0.4, 0.5) is 0 Å². The molecule has 0 radical (unpaired) electrons. The maximum absolute atomic E-state index is 13.3. The molecule has 1 fully saturated rings. The Hall–Kier alpha value is -3.17. The predicted octanol–water partition coefficient (Wildman–Crippen LogP) is 3.35. The Morgan fingerprint density at radius 2 is 1.89 bits per heavy atom. The van der Waals surface area contributed by atoms with Crippen molar-refractivity contribution < 1.29 is 18.0 Å². The second-order valence-corrected chi connectivity index (χ2v) is 12.2. The Balaban J connectivity index is 1.30. The number of carbonyl (C=O) groups is 2. The third kappa shape index (κ3) is 5.57. The van der Waals surface area contributed by atoms with Gasteiger partial charge in [-0.15, -0.1) is 0 Å². The highest BCUT2D eigenvalue weighted by molar-refractivity contribution is 7.89. The summed E-state index contributed by atoms with van der Waals surface area (Å²) in [6.07, 6.45) is 7.52. The van der Waals surface area contributed by atoms with Crippen molar-refractivity contribution in [2.45, 2.75) is 81.4 Å². The van der Waals surface area contributed by atoms with Crippen LogP contribution in [-0.4, -0.2) is 36.6 Å². The van der Waals surface area contributed by atoms with Crippen LogP contribution in [0.3, 0.4) is 0 Å². The van der Waals surface area contributed by atoms with Gasteiger partial charge in [0.1, 0.15) is 6.04 Å². The Bertz CT molecular complexity index is 1320. The summed E-state index contributed by atoms with van der Waals surface area (Å²) in [5.74, 6) is -0.885. The van der Waals surface area contributed by atoms with E-state index in [9.17, 15) is 18.0 Å². The first kappa shape index (κ1) is 25.5. The van der Waals surface area contributed by atoms with Crippen LogP contribution in [0, 0.1) is 6.92 Å². The molecule has 9 heteroatoms. The number of hydrogen-bond donors (Lipinski definition) is 3. The summed E-state index contributed by atoms with van der Waals surface area (Å²) in [5.41, 5.74) is 4.51. The number of nitrogens with one attached hydrogen (secondary N) is 3. The highest BCUT2D eigenvalue weighted by Gasteiger charge is 2.37. The first-order valence-electron chi connectivity index (χ1n) is 13.0. The zero-order chi connectivity index (χ0) is 26.2. The lowest BCUT2D eigenvalue weighted by Crippen LogP contribution is -2.51. The van der Waals surface area contributed by atoms with Crippen molar-refractivity contribution in [3.8, 4) is 0 Å². The van der Waals surface area contributed by atoms with Gasteiger partial charge >= 0.3 is 0 Å². The summed E-state index contributed by atoms with van der Waals surface area (Å²) in [6.45, 7) is 4.05. The minimum atomic E-state index is -4.01. The molecule has 0 saturated heterocycles. The summed E-state index contributed by atoms with van der Waals surface area (Å²) in [6, 6.07) is 12.5. The van der Waals surface area contributed by atoms with Crippen LogP contribution in [0.25, 0.3) is 0 Å². The molecule has 0 unspecified atom stereocenters. The SMILES string of the molecule is Cc1ccc(S(=O)(=O)N2C=CNC(=O)[C@H]2CC(=O)N[C@@H]2CCCc3cc([C@H](C)NC4CC4)ccc32)cc1. The van der Waals surface area contributed by atoms with Gasteiger partial charge in [0.15, 0.2) is 0 Å². The number of aryl methyl sites for hydroxylation is 2. The molecule has 1 heterocycles. The maximum Gasteiger partial charge on any atom is 0.264 e. The topological polar surface area (TPSA) is 108 Å². The number of fused-ring (bicyclic) bond motifs is 1. The van der Waals surface area contributed by atoms with Gasteiger partial charge in [-0.1, -0.05) is 35.9 Å². The first-order valence-corrected chi connectivity index (χ1v) is 14.4. The molecule has 37 heavy (non-hydrogen) atoms. The molecule has 1 aliphatic heterocycles. The van der Waals surface area contributed by atoms with Gasteiger partial charge in [-0.3, -0.25) is 13.9 Å². The molecule has 8 nitrogen and oxygen atoms in total. The van der Waals surface area contributed by atoms with Gasteiger partial charge in [0, 0.05) is 24.5 Å². The van der Waals surface area contributed by atoms with Gasteiger partial charge in [0.25, 0.3) is 10.0 Å². The highest BCUT2D eigenvalue weighted by atomic mass is 32.2. The average molecular weight is 523 g/mol. The average Bonchev–Trinajstić information content (AvgIpc) is 3.69. The number of benzene rings is 2. The molecule has 2 aliphatic carbocycles. The van der Waals surface area contributed by atoms with Gasteiger partial charge in [0.2, 0.25) is 11.8 Å². The molecule has 5 rings (SSSR count). The number of rotatable bonds is 8. The Morgan fingerprint density at radius 3 is 2.62 bits per heavy atom. The standard InChI is InChI=1S/C28H34N4O4S/c1-18-6-11-23(12-7-18)37(35,36)32-15-14-29-28(34)26(32)17-27(33)31-25-5-3-4-21-16-20(8-13-24(21)25)19(2)30-22-9-10-22/h6-8,11-16,19,22,25-26,30H,3-5,9-10,17H2,1-2H3,(H,29,34)(H,31,33)/t19-,25+,26+/m0/s1. The Labute approximate surface area is 218 Å².